The van der Waals surface area contributed by atoms with Crippen molar-refractivity contribution < 1.29 is 4.74 Å². The van der Waals surface area contributed by atoms with Crippen LogP contribution in [0.25, 0.3) is 5.69 Å². The van der Waals surface area contributed by atoms with Crippen molar-refractivity contribution in [2.24, 2.45) is 4.99 Å². The van der Waals surface area contributed by atoms with Gasteiger partial charge in [0.2, 0.25) is 5.95 Å². The fourth-order valence-corrected chi connectivity index (χ4v) is 4.98. The Bertz CT molecular complexity index is 1370. The van der Waals surface area contributed by atoms with Crippen molar-refractivity contribution in [3.8, 4) is 11.4 Å². The Morgan fingerprint density at radius 2 is 2.00 bits per heavy atom. The van der Waals surface area contributed by atoms with Crippen LogP contribution in [0.15, 0.2) is 60.1 Å². The highest BCUT2D eigenvalue weighted by Crippen LogP contribution is 2.35. The van der Waals surface area contributed by atoms with Gasteiger partial charge in [-0.15, -0.1) is 5.10 Å². The van der Waals surface area contributed by atoms with Crippen LogP contribution in [-0.4, -0.2) is 55.0 Å². The zero-order valence-electron chi connectivity index (χ0n) is 19.8. The Morgan fingerprint density at radius 1 is 1.11 bits per heavy atom. The lowest BCUT2D eigenvalue weighted by Crippen LogP contribution is -2.21. The molecule has 1 N–H and O–H groups in total. The van der Waals surface area contributed by atoms with E-state index >= 15 is 0 Å². The summed E-state index contributed by atoms with van der Waals surface area (Å²) in [5.41, 5.74) is 3.72. The molecule has 0 saturated carbocycles. The number of nitrogens with zero attached hydrogens (tertiary/aromatic N) is 8. The molecule has 0 aliphatic carbocycles. The molecule has 0 radical (unpaired) electrons. The zero-order chi connectivity index (χ0) is 24.5. The second-order valence-corrected chi connectivity index (χ2v) is 9.36. The number of halogens is 1. The fourth-order valence-electron chi connectivity index (χ4n) is 4.78. The Hall–Kier alpha value is -3.92. The van der Waals surface area contributed by atoms with Gasteiger partial charge in [-0.05, 0) is 42.7 Å². The number of aromatic nitrogens is 6. The van der Waals surface area contributed by atoms with Gasteiger partial charge in [-0.3, -0.25) is 4.99 Å². The summed E-state index contributed by atoms with van der Waals surface area (Å²) in [7, 11) is 1.66. The highest BCUT2D eigenvalue weighted by molar-refractivity contribution is 6.22. The summed E-state index contributed by atoms with van der Waals surface area (Å²) in [4.78, 5) is 15.2. The van der Waals surface area contributed by atoms with E-state index in [1.807, 2.05) is 27.8 Å². The first kappa shape index (κ1) is 22.5. The zero-order valence-corrected chi connectivity index (χ0v) is 20.6. The van der Waals surface area contributed by atoms with Gasteiger partial charge in [0.05, 0.1) is 31.4 Å². The number of hydrogen-bond acceptors (Lipinski definition) is 8. The molecule has 2 aromatic heterocycles. The summed E-state index contributed by atoms with van der Waals surface area (Å²) in [6, 6.07) is 14.4. The smallest absolute Gasteiger partial charge is 0.246 e. The average molecular weight is 504 g/mol. The molecule has 2 unspecified atom stereocenters. The van der Waals surface area contributed by atoms with Gasteiger partial charge in [0.15, 0.2) is 0 Å². The summed E-state index contributed by atoms with van der Waals surface area (Å²) in [6.07, 6.45) is 8.21. The molecule has 4 heterocycles. The summed E-state index contributed by atoms with van der Waals surface area (Å²) in [5.74, 6) is 2.46. The van der Waals surface area contributed by atoms with E-state index < -0.39 is 0 Å². The molecule has 6 rings (SSSR count). The van der Waals surface area contributed by atoms with Gasteiger partial charge in [0, 0.05) is 24.2 Å². The molecular weight excluding hydrogens is 478 g/mol. The molecule has 2 atom stereocenters. The van der Waals surface area contributed by atoms with Crippen LogP contribution in [-0.2, 0) is 6.54 Å². The molecule has 0 bridgehead atoms. The van der Waals surface area contributed by atoms with Gasteiger partial charge >= 0.3 is 0 Å². The highest BCUT2D eigenvalue weighted by atomic mass is 35.5. The van der Waals surface area contributed by atoms with Crippen LogP contribution in [0.1, 0.15) is 36.6 Å². The molecule has 11 heteroatoms. The number of benzene rings is 2. The van der Waals surface area contributed by atoms with E-state index in [4.69, 9.17) is 26.4 Å². The first-order valence-electron chi connectivity index (χ1n) is 12.0. The Labute approximate surface area is 213 Å². The summed E-state index contributed by atoms with van der Waals surface area (Å²) in [5, 5.41) is 12.4. The van der Waals surface area contributed by atoms with Gasteiger partial charge < -0.3 is 15.0 Å². The molecule has 184 valence electrons. The van der Waals surface area contributed by atoms with Gasteiger partial charge in [-0.2, -0.15) is 10.1 Å². The standard InChI is InChI=1S/C25H26ClN9O/c1-36-22-12-18(7-10-21(22)33-13-23(26)28-16-33)30-25-31-24-20(4-2-3-11-34(24)32-25)17-5-8-19(9-6-17)35-15-27-14-29-35/h5-10,12,14-16,20,23H,2-4,11,13H2,1H3,(H,30,32). The van der Waals surface area contributed by atoms with E-state index in [0.717, 1.165) is 54.4 Å². The predicted molar refractivity (Wildman–Crippen MR) is 139 cm³/mol. The SMILES string of the molecule is COc1cc(Nc2nc3n(n2)CCCCC3c2ccc(-n3cncn3)cc2)ccc1N1C=NC(Cl)C1. The number of nitrogens with one attached hydrogen (secondary N) is 1. The molecular formula is C25H26ClN9O. The number of hydrogen-bond donors (Lipinski definition) is 1. The van der Waals surface area contributed by atoms with E-state index in [1.165, 1.54) is 11.9 Å². The van der Waals surface area contributed by atoms with Crippen molar-refractivity contribution in [1.29, 1.82) is 0 Å². The quantitative estimate of drug-likeness (QED) is 0.308. The first-order valence-corrected chi connectivity index (χ1v) is 12.4. The molecule has 10 nitrogen and oxygen atoms in total. The third kappa shape index (κ3) is 4.39. The lowest BCUT2D eigenvalue weighted by molar-refractivity contribution is 0.416. The van der Waals surface area contributed by atoms with E-state index in [2.05, 4.69) is 44.7 Å². The van der Waals surface area contributed by atoms with E-state index in [-0.39, 0.29) is 11.4 Å². The second-order valence-electron chi connectivity index (χ2n) is 8.86. The topological polar surface area (TPSA) is 98.3 Å². The van der Waals surface area contributed by atoms with Crippen LogP contribution in [0, 0.1) is 0 Å². The van der Waals surface area contributed by atoms with Crippen LogP contribution >= 0.6 is 11.6 Å². The number of anilines is 3. The Morgan fingerprint density at radius 3 is 2.75 bits per heavy atom. The number of aliphatic imine (C=N–C) groups is 1. The summed E-state index contributed by atoms with van der Waals surface area (Å²) >= 11 is 6.12. The monoisotopic (exact) mass is 503 g/mol. The molecule has 4 aromatic rings. The number of methoxy groups -OCH3 is 1. The third-order valence-electron chi connectivity index (χ3n) is 6.56. The fraction of sp³-hybridized carbons (Fsp3) is 0.320. The van der Waals surface area contributed by atoms with Gasteiger partial charge in [0.1, 0.15) is 29.7 Å². The van der Waals surface area contributed by atoms with Crippen molar-refractivity contribution in [3.05, 3.63) is 66.5 Å². The summed E-state index contributed by atoms with van der Waals surface area (Å²) < 4.78 is 9.43. The van der Waals surface area contributed by atoms with Crippen molar-refractivity contribution in [3.63, 3.8) is 0 Å². The maximum Gasteiger partial charge on any atom is 0.246 e. The first-order chi connectivity index (χ1) is 17.7. The van der Waals surface area contributed by atoms with Crippen LogP contribution in [0.3, 0.4) is 0 Å². The number of fused-ring (bicyclic) bond motifs is 1. The Kier molecular flexibility index (Phi) is 6.02. The molecule has 0 saturated heterocycles. The minimum Gasteiger partial charge on any atom is -0.494 e. The molecule has 2 aliphatic heterocycles. The largest absolute Gasteiger partial charge is 0.494 e. The lowest BCUT2D eigenvalue weighted by Gasteiger charge is -2.18. The normalized spacial score (nSPS) is 19.2. The minimum atomic E-state index is -0.246. The predicted octanol–water partition coefficient (Wildman–Crippen LogP) is 4.34. The van der Waals surface area contributed by atoms with Gasteiger partial charge in [-0.1, -0.05) is 30.2 Å². The van der Waals surface area contributed by atoms with Crippen molar-refractivity contribution >= 4 is 35.3 Å². The molecule has 0 amide bonds. The van der Waals surface area contributed by atoms with Gasteiger partial charge in [0.25, 0.3) is 0 Å². The van der Waals surface area contributed by atoms with Gasteiger partial charge in [-0.25, -0.2) is 14.3 Å². The Balaban J connectivity index is 1.24. The van der Waals surface area contributed by atoms with Crippen molar-refractivity contribution in [1.82, 2.24) is 29.5 Å². The van der Waals surface area contributed by atoms with Crippen molar-refractivity contribution in [2.45, 2.75) is 37.2 Å². The maximum absolute atomic E-state index is 6.12. The third-order valence-corrected chi connectivity index (χ3v) is 6.81. The maximum atomic E-state index is 6.12. The number of aryl methyl sites for hydroxylation is 1. The number of ether oxygens (including phenoxy) is 1. The second kappa shape index (κ2) is 9.62. The molecule has 2 aliphatic rings. The van der Waals surface area contributed by atoms with Crippen LogP contribution < -0.4 is 15.0 Å². The van der Waals surface area contributed by atoms with E-state index in [9.17, 15) is 0 Å². The average Bonchev–Trinajstić information content (AvgIpc) is 3.64. The number of rotatable bonds is 6. The van der Waals surface area contributed by atoms with E-state index in [1.54, 1.807) is 24.5 Å². The minimum absolute atomic E-state index is 0.176. The highest BCUT2D eigenvalue weighted by Gasteiger charge is 2.25. The van der Waals surface area contributed by atoms with Crippen molar-refractivity contribution in [2.75, 3.05) is 23.9 Å². The van der Waals surface area contributed by atoms with Crippen LogP contribution in [0.4, 0.5) is 17.3 Å². The van der Waals surface area contributed by atoms with E-state index in [0.29, 0.717) is 12.5 Å². The lowest BCUT2D eigenvalue weighted by atomic mass is 9.93. The molecule has 2 aromatic carbocycles. The molecule has 0 fully saturated rings. The van der Waals surface area contributed by atoms with Crippen LogP contribution in [0.5, 0.6) is 5.75 Å². The summed E-state index contributed by atoms with van der Waals surface area (Å²) in [6.45, 7) is 1.47. The molecule has 0 spiro atoms. The van der Waals surface area contributed by atoms with Crippen LogP contribution in [0.2, 0.25) is 0 Å². The molecule has 36 heavy (non-hydrogen) atoms. The number of alkyl halides is 1.